The third-order valence-corrected chi connectivity index (χ3v) is 6.78. The zero-order chi connectivity index (χ0) is 27.4. The average molecular weight is 543 g/mol. The number of amides is 2. The maximum absolute atomic E-state index is 13.6. The van der Waals surface area contributed by atoms with Crippen molar-refractivity contribution in [1.29, 1.82) is 0 Å². The SMILES string of the molecule is COCC(=O)N1C[C@H](CC(C)C)N(C(=O)Cc2ccc(Cl)cc2)CCCCOC[C@@H](O)[C@@H](O)[C@H](OC)C1. The molecule has 210 valence electrons. The summed E-state index contributed by atoms with van der Waals surface area (Å²) in [5.74, 6) is -0.0459. The molecule has 9 nitrogen and oxygen atoms in total. The molecule has 37 heavy (non-hydrogen) atoms. The molecule has 0 radical (unpaired) electrons. The second-order valence-corrected chi connectivity index (χ2v) is 10.5. The van der Waals surface area contributed by atoms with Gasteiger partial charge in [0, 0.05) is 51.5 Å². The van der Waals surface area contributed by atoms with Crippen LogP contribution in [0.25, 0.3) is 0 Å². The number of rotatable bonds is 7. The summed E-state index contributed by atoms with van der Waals surface area (Å²) >= 11 is 6.02. The van der Waals surface area contributed by atoms with Gasteiger partial charge in [-0.2, -0.15) is 0 Å². The van der Waals surface area contributed by atoms with Crippen molar-refractivity contribution in [2.45, 2.75) is 63.9 Å². The number of hydrogen-bond donors (Lipinski definition) is 2. The van der Waals surface area contributed by atoms with Crippen LogP contribution in [0.4, 0.5) is 0 Å². The number of halogens is 1. The molecule has 2 amide bonds. The minimum absolute atomic E-state index is 0.0288. The summed E-state index contributed by atoms with van der Waals surface area (Å²) in [7, 11) is 2.87. The molecule has 1 heterocycles. The molecule has 1 aliphatic rings. The van der Waals surface area contributed by atoms with Gasteiger partial charge in [0.15, 0.2) is 0 Å². The Hall–Kier alpha value is -1.75. The first-order valence-electron chi connectivity index (χ1n) is 12.9. The van der Waals surface area contributed by atoms with E-state index in [2.05, 4.69) is 13.8 Å². The number of nitrogens with zero attached hydrogens (tertiary/aromatic N) is 2. The molecule has 0 aliphatic carbocycles. The number of ether oxygens (including phenoxy) is 3. The first-order valence-corrected chi connectivity index (χ1v) is 13.3. The molecule has 0 unspecified atom stereocenters. The molecule has 0 spiro atoms. The van der Waals surface area contributed by atoms with Gasteiger partial charge in [0.2, 0.25) is 11.8 Å². The van der Waals surface area contributed by atoms with Gasteiger partial charge in [-0.25, -0.2) is 0 Å². The van der Waals surface area contributed by atoms with Gasteiger partial charge in [-0.15, -0.1) is 0 Å². The van der Waals surface area contributed by atoms with Gasteiger partial charge in [-0.05, 0) is 42.9 Å². The quantitative estimate of drug-likeness (QED) is 0.543. The molecule has 0 saturated carbocycles. The fourth-order valence-electron chi connectivity index (χ4n) is 4.56. The van der Waals surface area contributed by atoms with Gasteiger partial charge >= 0.3 is 0 Å². The summed E-state index contributed by atoms with van der Waals surface area (Å²) in [6.45, 7) is 5.16. The van der Waals surface area contributed by atoms with Crippen LogP contribution >= 0.6 is 11.6 Å². The van der Waals surface area contributed by atoms with E-state index < -0.39 is 18.3 Å². The molecule has 4 atom stereocenters. The van der Waals surface area contributed by atoms with Gasteiger partial charge < -0.3 is 34.2 Å². The smallest absolute Gasteiger partial charge is 0.248 e. The molecule has 2 rings (SSSR count). The third-order valence-electron chi connectivity index (χ3n) is 6.53. The summed E-state index contributed by atoms with van der Waals surface area (Å²) in [6, 6.07) is 6.97. The van der Waals surface area contributed by atoms with E-state index in [0.717, 1.165) is 5.56 Å². The molecule has 1 aliphatic heterocycles. The zero-order valence-corrected chi connectivity index (χ0v) is 23.2. The van der Waals surface area contributed by atoms with E-state index in [1.54, 1.807) is 17.0 Å². The van der Waals surface area contributed by atoms with Crippen LogP contribution in [0.1, 0.15) is 38.7 Å². The van der Waals surface area contributed by atoms with E-state index in [1.807, 2.05) is 17.0 Å². The summed E-state index contributed by atoms with van der Waals surface area (Å²) < 4.78 is 16.2. The lowest BCUT2D eigenvalue weighted by Gasteiger charge is -2.39. The van der Waals surface area contributed by atoms with Crippen LogP contribution in [0.2, 0.25) is 5.02 Å². The van der Waals surface area contributed by atoms with E-state index in [-0.39, 0.29) is 56.5 Å². The summed E-state index contributed by atoms with van der Waals surface area (Å²) in [6.07, 6.45) is -0.968. The number of methoxy groups -OCH3 is 2. The Morgan fingerprint density at radius 1 is 1.11 bits per heavy atom. The number of carbonyl (C=O) groups excluding carboxylic acids is 2. The maximum atomic E-state index is 13.6. The van der Waals surface area contributed by atoms with Gasteiger partial charge in [0.1, 0.15) is 24.9 Å². The van der Waals surface area contributed by atoms with Gasteiger partial charge in [-0.1, -0.05) is 37.6 Å². The van der Waals surface area contributed by atoms with Crippen LogP contribution in [-0.2, 0) is 30.2 Å². The standard InChI is InChI=1S/C27H43ClN2O7/c1-19(2)13-22-15-29(26(33)18-35-3)16-24(36-4)27(34)23(31)17-37-12-6-5-11-30(22)25(32)14-20-7-9-21(28)10-8-20/h7-10,19,22-24,27,31,34H,5-6,11-18H2,1-4H3/t22-,23+,24+,27+/m0/s1. The van der Waals surface area contributed by atoms with Crippen LogP contribution in [0.5, 0.6) is 0 Å². The Labute approximate surface area is 225 Å². The van der Waals surface area contributed by atoms with Crippen LogP contribution < -0.4 is 0 Å². The fraction of sp³-hybridized carbons (Fsp3) is 0.704. The van der Waals surface area contributed by atoms with Crippen molar-refractivity contribution in [3.63, 3.8) is 0 Å². The van der Waals surface area contributed by atoms with E-state index in [0.29, 0.717) is 37.4 Å². The molecular weight excluding hydrogens is 500 g/mol. The van der Waals surface area contributed by atoms with E-state index >= 15 is 0 Å². The summed E-state index contributed by atoms with van der Waals surface area (Å²) in [4.78, 5) is 30.2. The molecule has 1 aromatic rings. The molecular formula is C27H43ClN2O7. The highest BCUT2D eigenvalue weighted by Gasteiger charge is 2.33. The molecule has 10 heteroatoms. The number of benzene rings is 1. The average Bonchev–Trinajstić information content (AvgIpc) is 2.85. The molecule has 0 aromatic heterocycles. The first kappa shape index (κ1) is 31.5. The number of carbonyl (C=O) groups is 2. The lowest BCUT2D eigenvalue weighted by atomic mass is 9.99. The van der Waals surface area contributed by atoms with E-state index in [4.69, 9.17) is 25.8 Å². The predicted molar refractivity (Wildman–Crippen MR) is 141 cm³/mol. The molecule has 1 fully saturated rings. The molecule has 1 aromatic carbocycles. The monoisotopic (exact) mass is 542 g/mol. The topological polar surface area (TPSA) is 109 Å². The van der Waals surface area contributed by atoms with Crippen molar-refractivity contribution in [3.8, 4) is 0 Å². The Morgan fingerprint density at radius 2 is 1.81 bits per heavy atom. The van der Waals surface area contributed by atoms with Crippen molar-refractivity contribution in [2.75, 3.05) is 53.7 Å². The number of hydrogen-bond acceptors (Lipinski definition) is 7. The minimum atomic E-state index is -1.25. The van der Waals surface area contributed by atoms with E-state index in [1.165, 1.54) is 14.2 Å². The van der Waals surface area contributed by atoms with Crippen molar-refractivity contribution in [2.24, 2.45) is 5.92 Å². The largest absolute Gasteiger partial charge is 0.388 e. The number of aliphatic hydroxyl groups excluding tert-OH is 2. The fourth-order valence-corrected chi connectivity index (χ4v) is 4.68. The second-order valence-electron chi connectivity index (χ2n) is 10.0. The third kappa shape index (κ3) is 10.5. The highest BCUT2D eigenvalue weighted by Crippen LogP contribution is 2.19. The Bertz CT molecular complexity index is 823. The molecule has 0 bridgehead atoms. The summed E-state index contributed by atoms with van der Waals surface area (Å²) in [5.41, 5.74) is 0.865. The van der Waals surface area contributed by atoms with Crippen molar-refractivity contribution in [1.82, 2.24) is 9.80 Å². The molecule has 2 N–H and O–H groups in total. The second kappa shape index (κ2) is 16.3. The molecule has 1 saturated heterocycles. The van der Waals surface area contributed by atoms with Crippen LogP contribution in [0.3, 0.4) is 0 Å². The normalized spacial score (nSPS) is 24.6. The highest BCUT2D eigenvalue weighted by molar-refractivity contribution is 6.30. The van der Waals surface area contributed by atoms with E-state index in [9.17, 15) is 19.8 Å². The lowest BCUT2D eigenvalue weighted by Crippen LogP contribution is -2.54. The Morgan fingerprint density at radius 3 is 2.43 bits per heavy atom. The Kier molecular flexibility index (Phi) is 13.8. The first-order chi connectivity index (χ1) is 17.7. The maximum Gasteiger partial charge on any atom is 0.248 e. The van der Waals surface area contributed by atoms with Gasteiger partial charge in [-0.3, -0.25) is 9.59 Å². The summed E-state index contributed by atoms with van der Waals surface area (Å²) in [5, 5.41) is 21.7. The lowest BCUT2D eigenvalue weighted by molar-refractivity contribution is -0.146. The predicted octanol–water partition coefficient (Wildman–Crippen LogP) is 2.15. The Balaban J connectivity index is 2.39. The van der Waals surface area contributed by atoms with Crippen LogP contribution in [0.15, 0.2) is 24.3 Å². The van der Waals surface area contributed by atoms with Crippen molar-refractivity contribution >= 4 is 23.4 Å². The van der Waals surface area contributed by atoms with Crippen molar-refractivity contribution < 1.29 is 34.0 Å². The van der Waals surface area contributed by atoms with Crippen LogP contribution in [0, 0.1) is 5.92 Å². The highest BCUT2D eigenvalue weighted by atomic mass is 35.5. The van der Waals surface area contributed by atoms with Gasteiger partial charge in [0.25, 0.3) is 0 Å². The van der Waals surface area contributed by atoms with Crippen LogP contribution in [-0.4, -0.2) is 110 Å². The number of aliphatic hydroxyl groups is 2. The van der Waals surface area contributed by atoms with Crippen molar-refractivity contribution in [3.05, 3.63) is 34.9 Å². The minimum Gasteiger partial charge on any atom is -0.388 e. The van der Waals surface area contributed by atoms with Gasteiger partial charge in [0.05, 0.1) is 13.0 Å². The zero-order valence-electron chi connectivity index (χ0n) is 22.5.